The average molecular weight is 349 g/mol. The van der Waals surface area contributed by atoms with E-state index in [-0.39, 0.29) is 0 Å². The van der Waals surface area contributed by atoms with Crippen LogP contribution in [0.1, 0.15) is 24.3 Å². The molecule has 0 amide bonds. The van der Waals surface area contributed by atoms with Crippen molar-refractivity contribution in [2.75, 3.05) is 25.0 Å². The quantitative estimate of drug-likeness (QED) is 0.680. The minimum absolute atomic E-state index is 0.534. The minimum Gasteiger partial charge on any atom is -0.371 e. The Kier molecular flexibility index (Phi) is 4.93. The Hall–Kier alpha value is -2.73. The molecule has 6 nitrogen and oxygen atoms in total. The van der Waals surface area contributed by atoms with Gasteiger partial charge in [0, 0.05) is 31.5 Å². The molecule has 0 N–H and O–H groups in total. The number of pyridine rings is 1. The number of aromatic nitrogens is 3. The fraction of sp³-hybridized carbons (Fsp3) is 0.350. The van der Waals surface area contributed by atoms with Gasteiger partial charge in [0.1, 0.15) is 5.69 Å². The average Bonchev–Trinajstić information content (AvgIpc) is 3.35. The molecule has 0 saturated carbocycles. The van der Waals surface area contributed by atoms with Crippen molar-refractivity contribution in [2.45, 2.75) is 25.9 Å². The second kappa shape index (κ2) is 7.66. The third-order valence-corrected chi connectivity index (χ3v) is 4.65. The first-order valence-corrected chi connectivity index (χ1v) is 9.05. The van der Waals surface area contributed by atoms with Crippen LogP contribution in [0.2, 0.25) is 0 Å². The van der Waals surface area contributed by atoms with Gasteiger partial charge in [0.05, 0.1) is 6.54 Å². The largest absolute Gasteiger partial charge is 0.371 e. The molecule has 0 atom stereocenters. The minimum atomic E-state index is 0.534. The first-order chi connectivity index (χ1) is 12.8. The van der Waals surface area contributed by atoms with E-state index in [4.69, 9.17) is 4.52 Å². The van der Waals surface area contributed by atoms with Crippen LogP contribution in [0.3, 0.4) is 0 Å². The molecule has 1 saturated heterocycles. The van der Waals surface area contributed by atoms with Crippen molar-refractivity contribution in [1.82, 2.24) is 20.0 Å². The lowest BCUT2D eigenvalue weighted by Gasteiger charge is -2.23. The molecular formula is C20H23N5O. The summed E-state index contributed by atoms with van der Waals surface area (Å²) in [5.74, 6) is 1.14. The van der Waals surface area contributed by atoms with Crippen LogP contribution in [0.5, 0.6) is 0 Å². The fourth-order valence-corrected chi connectivity index (χ4v) is 3.41. The Morgan fingerprint density at radius 3 is 2.65 bits per heavy atom. The molecule has 0 aliphatic carbocycles. The van der Waals surface area contributed by atoms with Gasteiger partial charge in [-0.25, -0.2) is 0 Å². The Bertz CT molecular complexity index is 842. The SMILES string of the molecule is CN(Cc1nc(-c2ccccn2)no1)Cc1ccccc1N1CCCC1. The Morgan fingerprint density at radius 1 is 1.04 bits per heavy atom. The van der Waals surface area contributed by atoms with Gasteiger partial charge in [0.15, 0.2) is 0 Å². The highest BCUT2D eigenvalue weighted by molar-refractivity contribution is 5.54. The van der Waals surface area contributed by atoms with E-state index in [1.165, 1.54) is 24.1 Å². The molecule has 1 aliphatic heterocycles. The molecule has 3 aromatic rings. The van der Waals surface area contributed by atoms with Crippen LogP contribution in [0.25, 0.3) is 11.5 Å². The summed E-state index contributed by atoms with van der Waals surface area (Å²) >= 11 is 0. The highest BCUT2D eigenvalue weighted by atomic mass is 16.5. The zero-order valence-corrected chi connectivity index (χ0v) is 15.0. The molecule has 1 aromatic carbocycles. The molecule has 26 heavy (non-hydrogen) atoms. The van der Waals surface area contributed by atoms with Crippen molar-refractivity contribution < 1.29 is 4.52 Å². The zero-order valence-electron chi connectivity index (χ0n) is 15.0. The summed E-state index contributed by atoms with van der Waals surface area (Å²) in [6.45, 7) is 3.75. The van der Waals surface area contributed by atoms with Gasteiger partial charge in [-0.3, -0.25) is 9.88 Å². The maximum atomic E-state index is 5.40. The van der Waals surface area contributed by atoms with Gasteiger partial charge in [-0.15, -0.1) is 0 Å². The van der Waals surface area contributed by atoms with Crippen molar-refractivity contribution in [3.05, 3.63) is 60.1 Å². The number of nitrogens with zero attached hydrogens (tertiary/aromatic N) is 5. The maximum absolute atomic E-state index is 5.40. The van der Waals surface area contributed by atoms with Crippen LogP contribution in [-0.2, 0) is 13.1 Å². The number of hydrogen-bond acceptors (Lipinski definition) is 6. The lowest BCUT2D eigenvalue weighted by molar-refractivity contribution is 0.261. The normalized spacial score (nSPS) is 14.3. The molecule has 6 heteroatoms. The van der Waals surface area contributed by atoms with Crippen molar-refractivity contribution in [1.29, 1.82) is 0 Å². The molecule has 1 fully saturated rings. The lowest BCUT2D eigenvalue weighted by Crippen LogP contribution is -2.23. The van der Waals surface area contributed by atoms with Gasteiger partial charge >= 0.3 is 0 Å². The van der Waals surface area contributed by atoms with E-state index >= 15 is 0 Å². The number of rotatable bonds is 6. The smallest absolute Gasteiger partial charge is 0.241 e. The maximum Gasteiger partial charge on any atom is 0.241 e. The van der Waals surface area contributed by atoms with E-state index in [9.17, 15) is 0 Å². The third kappa shape index (κ3) is 3.75. The summed E-state index contributed by atoms with van der Waals surface area (Å²) in [5.41, 5.74) is 3.41. The third-order valence-electron chi connectivity index (χ3n) is 4.65. The molecule has 2 aromatic heterocycles. The zero-order chi connectivity index (χ0) is 17.8. The van der Waals surface area contributed by atoms with Crippen LogP contribution in [0.4, 0.5) is 5.69 Å². The first kappa shape index (κ1) is 16.7. The number of benzene rings is 1. The van der Waals surface area contributed by atoms with E-state index in [1.54, 1.807) is 6.20 Å². The predicted octanol–water partition coefficient (Wildman–Crippen LogP) is 3.36. The number of para-hydroxylation sites is 1. The van der Waals surface area contributed by atoms with Gasteiger partial charge < -0.3 is 9.42 Å². The Labute approximate surface area is 153 Å². The van der Waals surface area contributed by atoms with E-state index < -0.39 is 0 Å². The van der Waals surface area contributed by atoms with Gasteiger partial charge in [-0.05, 0) is 43.7 Å². The molecular weight excluding hydrogens is 326 g/mol. The van der Waals surface area contributed by atoms with Gasteiger partial charge in [-0.1, -0.05) is 29.4 Å². The molecule has 0 bridgehead atoms. The van der Waals surface area contributed by atoms with E-state index in [0.29, 0.717) is 18.3 Å². The summed E-state index contributed by atoms with van der Waals surface area (Å²) in [4.78, 5) is 13.4. The highest BCUT2D eigenvalue weighted by Crippen LogP contribution is 2.25. The van der Waals surface area contributed by atoms with Gasteiger partial charge in [-0.2, -0.15) is 4.98 Å². The topological polar surface area (TPSA) is 58.3 Å². The number of anilines is 1. The van der Waals surface area contributed by atoms with Crippen LogP contribution < -0.4 is 4.90 Å². The Balaban J connectivity index is 1.43. The van der Waals surface area contributed by atoms with Crippen LogP contribution in [0, 0.1) is 0 Å². The standard InChI is InChI=1S/C20H23N5O/c1-24(14-16-8-2-3-10-18(16)25-12-6-7-13-25)15-19-22-20(23-26-19)17-9-4-5-11-21-17/h2-5,8-11H,6-7,12-15H2,1H3. The van der Waals surface area contributed by atoms with Crippen molar-refractivity contribution in [3.8, 4) is 11.5 Å². The highest BCUT2D eigenvalue weighted by Gasteiger charge is 2.17. The van der Waals surface area contributed by atoms with Crippen LogP contribution in [0.15, 0.2) is 53.2 Å². The predicted molar refractivity (Wildman–Crippen MR) is 101 cm³/mol. The lowest BCUT2D eigenvalue weighted by atomic mass is 10.1. The molecule has 3 heterocycles. The first-order valence-electron chi connectivity index (χ1n) is 9.05. The van der Waals surface area contributed by atoms with E-state index in [0.717, 1.165) is 25.3 Å². The van der Waals surface area contributed by atoms with Gasteiger partial charge in [0.2, 0.25) is 11.7 Å². The van der Waals surface area contributed by atoms with Crippen molar-refractivity contribution in [3.63, 3.8) is 0 Å². The van der Waals surface area contributed by atoms with Gasteiger partial charge in [0.25, 0.3) is 0 Å². The summed E-state index contributed by atoms with van der Waals surface area (Å²) in [6.07, 6.45) is 4.29. The van der Waals surface area contributed by atoms with E-state index in [1.807, 2.05) is 18.2 Å². The van der Waals surface area contributed by atoms with E-state index in [2.05, 4.69) is 56.2 Å². The summed E-state index contributed by atoms with van der Waals surface area (Å²) in [5, 5.41) is 4.04. The molecule has 134 valence electrons. The number of hydrogen-bond donors (Lipinski definition) is 0. The van der Waals surface area contributed by atoms with Crippen LogP contribution in [-0.4, -0.2) is 40.2 Å². The summed E-state index contributed by atoms with van der Waals surface area (Å²) in [7, 11) is 2.07. The molecule has 0 unspecified atom stereocenters. The van der Waals surface area contributed by atoms with Crippen molar-refractivity contribution >= 4 is 5.69 Å². The molecule has 0 spiro atoms. The monoisotopic (exact) mass is 349 g/mol. The summed E-state index contributed by atoms with van der Waals surface area (Å²) in [6, 6.07) is 14.3. The second-order valence-corrected chi connectivity index (χ2v) is 6.72. The molecule has 4 rings (SSSR count). The summed E-state index contributed by atoms with van der Waals surface area (Å²) < 4.78 is 5.40. The molecule has 0 radical (unpaired) electrons. The fourth-order valence-electron chi connectivity index (χ4n) is 3.41. The van der Waals surface area contributed by atoms with Crippen molar-refractivity contribution in [2.24, 2.45) is 0 Å². The second-order valence-electron chi connectivity index (χ2n) is 6.72. The Morgan fingerprint density at radius 2 is 1.85 bits per heavy atom. The van der Waals surface area contributed by atoms with Crippen LogP contribution >= 0.6 is 0 Å². The molecule has 1 aliphatic rings.